The molecule has 0 unspecified atom stereocenters. The topological polar surface area (TPSA) is 62.2 Å². The molecule has 0 bridgehead atoms. The van der Waals surface area contributed by atoms with Crippen LogP contribution in [0.1, 0.15) is 42.5 Å². The zero-order valence-corrected chi connectivity index (χ0v) is 12.6. The van der Waals surface area contributed by atoms with E-state index < -0.39 is 5.97 Å². The average molecular weight is 284 g/mol. The van der Waals surface area contributed by atoms with E-state index in [1.54, 1.807) is 6.07 Å². The van der Waals surface area contributed by atoms with Gasteiger partial charge in [-0.25, -0.2) is 9.78 Å². The molecule has 2 rings (SSSR count). The highest BCUT2D eigenvalue weighted by Crippen LogP contribution is 2.29. The van der Waals surface area contributed by atoms with E-state index in [2.05, 4.69) is 37.1 Å². The van der Waals surface area contributed by atoms with Crippen LogP contribution >= 0.6 is 0 Å². The maximum atomic E-state index is 10.9. The van der Waals surface area contributed by atoms with Gasteiger partial charge in [0.2, 0.25) is 0 Å². The lowest BCUT2D eigenvalue weighted by Gasteiger charge is -2.23. The van der Waals surface area contributed by atoms with E-state index in [-0.39, 0.29) is 11.1 Å². The molecule has 0 aliphatic rings. The number of anilines is 1. The summed E-state index contributed by atoms with van der Waals surface area (Å²) >= 11 is 0. The van der Waals surface area contributed by atoms with Gasteiger partial charge in [0.1, 0.15) is 5.69 Å². The summed E-state index contributed by atoms with van der Waals surface area (Å²) in [6, 6.07) is 13.2. The molecule has 0 amide bonds. The van der Waals surface area contributed by atoms with Gasteiger partial charge in [0.25, 0.3) is 0 Å². The quantitative estimate of drug-likeness (QED) is 0.899. The van der Waals surface area contributed by atoms with Gasteiger partial charge in [-0.2, -0.15) is 0 Å². The van der Waals surface area contributed by atoms with Crippen molar-refractivity contribution in [2.45, 2.75) is 32.7 Å². The van der Waals surface area contributed by atoms with Crippen LogP contribution in [-0.4, -0.2) is 16.1 Å². The Bertz CT molecular complexity index is 645. The van der Waals surface area contributed by atoms with Crippen molar-refractivity contribution in [1.82, 2.24) is 4.98 Å². The largest absolute Gasteiger partial charge is 0.477 e. The smallest absolute Gasteiger partial charge is 0.354 e. The number of nitrogens with zero attached hydrogens (tertiary/aromatic N) is 1. The molecule has 2 aromatic rings. The zero-order chi connectivity index (χ0) is 15.5. The zero-order valence-electron chi connectivity index (χ0n) is 12.6. The van der Waals surface area contributed by atoms with Crippen LogP contribution in [0.3, 0.4) is 0 Å². The number of carbonyl (C=O) groups is 1. The molecule has 4 nitrogen and oxygen atoms in total. The highest BCUT2D eigenvalue weighted by molar-refractivity contribution is 5.85. The summed E-state index contributed by atoms with van der Waals surface area (Å²) in [7, 11) is 0. The Morgan fingerprint density at radius 2 is 1.86 bits per heavy atom. The fourth-order valence-corrected chi connectivity index (χ4v) is 2.17. The molecule has 4 heteroatoms. The number of hydrogen-bond donors (Lipinski definition) is 2. The molecule has 2 N–H and O–H groups in total. The number of rotatable bonds is 4. The van der Waals surface area contributed by atoms with Crippen molar-refractivity contribution in [3.63, 3.8) is 0 Å². The van der Waals surface area contributed by atoms with Crippen LogP contribution in [0.25, 0.3) is 0 Å². The molecule has 1 heterocycles. The number of para-hydroxylation sites is 1. The minimum Gasteiger partial charge on any atom is -0.477 e. The molecule has 0 aliphatic carbocycles. The van der Waals surface area contributed by atoms with Gasteiger partial charge in [0.05, 0.1) is 12.2 Å². The molecule has 21 heavy (non-hydrogen) atoms. The molecule has 0 saturated heterocycles. The standard InChI is InChI=1S/C17H20N2O2/c1-17(2,3)13-8-4-5-9-14(13)18-11-12-7-6-10-15(19-12)16(20)21/h4-10,18H,11H2,1-3H3,(H,20,21). The number of benzene rings is 1. The molecule has 0 aliphatic heterocycles. The van der Waals surface area contributed by atoms with E-state index in [0.717, 1.165) is 5.69 Å². The first-order chi connectivity index (χ1) is 9.88. The van der Waals surface area contributed by atoms with Gasteiger partial charge in [-0.1, -0.05) is 45.0 Å². The van der Waals surface area contributed by atoms with Crippen molar-refractivity contribution in [2.75, 3.05) is 5.32 Å². The molecule has 0 atom stereocenters. The summed E-state index contributed by atoms with van der Waals surface area (Å²) in [5, 5.41) is 12.3. The van der Waals surface area contributed by atoms with Gasteiger partial charge in [-0.05, 0) is 29.2 Å². The maximum Gasteiger partial charge on any atom is 0.354 e. The van der Waals surface area contributed by atoms with Gasteiger partial charge in [-0.3, -0.25) is 0 Å². The Morgan fingerprint density at radius 1 is 1.14 bits per heavy atom. The highest BCUT2D eigenvalue weighted by atomic mass is 16.4. The fourth-order valence-electron chi connectivity index (χ4n) is 2.17. The summed E-state index contributed by atoms with van der Waals surface area (Å²) in [6.45, 7) is 6.98. The fraction of sp³-hybridized carbons (Fsp3) is 0.294. The predicted octanol–water partition coefficient (Wildman–Crippen LogP) is 3.69. The van der Waals surface area contributed by atoms with E-state index in [1.807, 2.05) is 24.3 Å². The van der Waals surface area contributed by atoms with E-state index in [4.69, 9.17) is 5.11 Å². The summed E-state index contributed by atoms with van der Waals surface area (Å²) in [5.41, 5.74) is 3.09. The minimum atomic E-state index is -1.01. The molecule has 0 radical (unpaired) electrons. The molecule has 0 fully saturated rings. The van der Waals surface area contributed by atoms with Crippen LogP contribution in [0.4, 0.5) is 5.69 Å². The molecular weight excluding hydrogens is 264 g/mol. The van der Waals surface area contributed by atoms with Crippen molar-refractivity contribution in [3.8, 4) is 0 Å². The van der Waals surface area contributed by atoms with E-state index >= 15 is 0 Å². The summed E-state index contributed by atoms with van der Waals surface area (Å²) in [6.07, 6.45) is 0. The lowest BCUT2D eigenvalue weighted by atomic mass is 9.86. The molecule has 0 spiro atoms. The van der Waals surface area contributed by atoms with Gasteiger partial charge in [-0.15, -0.1) is 0 Å². The molecule has 1 aromatic carbocycles. The van der Waals surface area contributed by atoms with Crippen molar-refractivity contribution in [2.24, 2.45) is 0 Å². The van der Waals surface area contributed by atoms with Crippen LogP contribution in [0.15, 0.2) is 42.5 Å². The minimum absolute atomic E-state index is 0.0416. The second-order valence-corrected chi connectivity index (χ2v) is 5.97. The van der Waals surface area contributed by atoms with Crippen LogP contribution in [0.2, 0.25) is 0 Å². The molecule has 1 aromatic heterocycles. The number of pyridine rings is 1. The third-order valence-electron chi connectivity index (χ3n) is 3.22. The maximum absolute atomic E-state index is 10.9. The van der Waals surface area contributed by atoms with Crippen molar-refractivity contribution in [1.29, 1.82) is 0 Å². The third-order valence-corrected chi connectivity index (χ3v) is 3.22. The van der Waals surface area contributed by atoms with Crippen molar-refractivity contribution >= 4 is 11.7 Å². The third kappa shape index (κ3) is 3.81. The van der Waals surface area contributed by atoms with Crippen LogP contribution in [0, 0.1) is 0 Å². The highest BCUT2D eigenvalue weighted by Gasteiger charge is 2.17. The van der Waals surface area contributed by atoms with E-state index in [9.17, 15) is 4.79 Å². The summed E-state index contributed by atoms with van der Waals surface area (Å²) in [4.78, 5) is 15.0. The summed E-state index contributed by atoms with van der Waals surface area (Å²) < 4.78 is 0. The monoisotopic (exact) mass is 284 g/mol. The number of aromatic nitrogens is 1. The van der Waals surface area contributed by atoms with Crippen LogP contribution in [-0.2, 0) is 12.0 Å². The van der Waals surface area contributed by atoms with E-state index in [1.165, 1.54) is 11.6 Å². The number of aromatic carboxylic acids is 1. The van der Waals surface area contributed by atoms with Crippen molar-refractivity contribution in [3.05, 3.63) is 59.4 Å². The lowest BCUT2D eigenvalue weighted by molar-refractivity contribution is 0.0690. The van der Waals surface area contributed by atoms with Crippen LogP contribution < -0.4 is 5.32 Å². The first kappa shape index (κ1) is 15.0. The Labute approximate surface area is 124 Å². The molecular formula is C17H20N2O2. The lowest BCUT2D eigenvalue weighted by Crippen LogP contribution is -2.15. The van der Waals surface area contributed by atoms with Gasteiger partial charge in [0, 0.05) is 5.69 Å². The molecule has 110 valence electrons. The van der Waals surface area contributed by atoms with Gasteiger partial charge < -0.3 is 10.4 Å². The number of hydrogen-bond acceptors (Lipinski definition) is 3. The Balaban J connectivity index is 2.17. The second-order valence-electron chi connectivity index (χ2n) is 5.97. The first-order valence-electron chi connectivity index (χ1n) is 6.90. The van der Waals surface area contributed by atoms with Crippen LogP contribution in [0.5, 0.6) is 0 Å². The average Bonchev–Trinajstić information content (AvgIpc) is 2.45. The SMILES string of the molecule is CC(C)(C)c1ccccc1NCc1cccc(C(=O)O)n1. The number of carboxylic acid groups (broad SMARTS) is 1. The Kier molecular flexibility index (Phi) is 4.26. The van der Waals surface area contributed by atoms with E-state index in [0.29, 0.717) is 12.2 Å². The Morgan fingerprint density at radius 3 is 2.52 bits per heavy atom. The number of nitrogens with one attached hydrogen (secondary N) is 1. The summed E-state index contributed by atoms with van der Waals surface area (Å²) in [5.74, 6) is -1.01. The van der Waals surface area contributed by atoms with Crippen molar-refractivity contribution < 1.29 is 9.90 Å². The normalized spacial score (nSPS) is 11.2. The second kappa shape index (κ2) is 5.95. The Hall–Kier alpha value is -2.36. The predicted molar refractivity (Wildman–Crippen MR) is 83.7 cm³/mol. The number of carboxylic acids is 1. The molecule has 0 saturated carbocycles. The first-order valence-corrected chi connectivity index (χ1v) is 6.90. The van der Waals surface area contributed by atoms with Gasteiger partial charge >= 0.3 is 5.97 Å². The van der Waals surface area contributed by atoms with Gasteiger partial charge in [0.15, 0.2) is 0 Å².